The molecule has 0 radical (unpaired) electrons. The third-order valence-corrected chi connectivity index (χ3v) is 6.17. The first-order chi connectivity index (χ1) is 17.2. The van der Waals surface area contributed by atoms with Gasteiger partial charge in [-0.15, -0.1) is 10.2 Å². The molecule has 0 bridgehead atoms. The number of aromatic hydroxyl groups is 1. The first kappa shape index (κ1) is 26.5. The van der Waals surface area contributed by atoms with E-state index in [-0.39, 0.29) is 23.9 Å². The quantitative estimate of drug-likeness (QED) is 0.151. The maximum absolute atomic E-state index is 12.4. The fourth-order valence-electron chi connectivity index (χ4n) is 3.07. The highest BCUT2D eigenvalue weighted by atomic mass is 32.2. The number of benzene rings is 2. The maximum Gasteiger partial charge on any atom is 0.312 e. The maximum atomic E-state index is 12.4. The summed E-state index contributed by atoms with van der Waals surface area (Å²) in [7, 11) is 1.71. The number of nitrogens with zero attached hydrogens (tertiary/aromatic N) is 4. The molecule has 36 heavy (non-hydrogen) atoms. The molecule has 0 saturated carbocycles. The van der Waals surface area contributed by atoms with Crippen LogP contribution in [0.5, 0.6) is 11.5 Å². The molecule has 2 amide bonds. The van der Waals surface area contributed by atoms with Crippen LogP contribution in [-0.4, -0.2) is 48.5 Å². The standard InChI is InChI=1S/C23H26N6O6S/c1-4-15-5-8-17(9-6-15)35-14(2)22(32)24-12-20-26-27-23(28(20)3)36-13-21(31)25-16-7-10-19(30)18(11-16)29(33)34/h5-11,14,30H,4,12-13H2,1-3H3,(H,24,32)(H,25,31)/t14-/m0/s1. The number of phenolic OH excluding ortho intramolecular Hbond substituents is 1. The van der Waals surface area contributed by atoms with Crippen molar-refractivity contribution in [2.75, 3.05) is 11.1 Å². The molecular formula is C23H26N6O6S. The minimum absolute atomic E-state index is 0.0330. The van der Waals surface area contributed by atoms with Gasteiger partial charge in [-0.05, 0) is 43.2 Å². The van der Waals surface area contributed by atoms with Gasteiger partial charge in [0.2, 0.25) is 5.91 Å². The van der Waals surface area contributed by atoms with Crippen LogP contribution in [0, 0.1) is 10.1 Å². The predicted octanol–water partition coefficient (Wildman–Crippen LogP) is 2.81. The number of hydrogen-bond acceptors (Lipinski definition) is 9. The normalized spacial score (nSPS) is 11.5. The van der Waals surface area contributed by atoms with E-state index in [2.05, 4.69) is 27.8 Å². The van der Waals surface area contributed by atoms with Crippen LogP contribution < -0.4 is 15.4 Å². The van der Waals surface area contributed by atoms with Gasteiger partial charge in [0.25, 0.3) is 5.91 Å². The third-order valence-electron chi connectivity index (χ3n) is 5.15. The van der Waals surface area contributed by atoms with Gasteiger partial charge in [0.05, 0.1) is 17.2 Å². The fraction of sp³-hybridized carbons (Fsp3) is 0.304. The molecule has 0 aliphatic carbocycles. The van der Waals surface area contributed by atoms with Gasteiger partial charge in [-0.3, -0.25) is 19.7 Å². The first-order valence-electron chi connectivity index (χ1n) is 11.0. The number of aromatic nitrogens is 3. The number of nitro groups is 1. The van der Waals surface area contributed by atoms with E-state index < -0.39 is 28.4 Å². The van der Waals surface area contributed by atoms with Crippen molar-refractivity contribution < 1.29 is 24.4 Å². The van der Waals surface area contributed by atoms with Crippen molar-refractivity contribution >= 4 is 35.0 Å². The summed E-state index contributed by atoms with van der Waals surface area (Å²) in [4.78, 5) is 34.9. The average Bonchev–Trinajstić information content (AvgIpc) is 3.21. The van der Waals surface area contributed by atoms with Crippen molar-refractivity contribution in [2.45, 2.75) is 38.1 Å². The zero-order valence-corrected chi connectivity index (χ0v) is 20.7. The van der Waals surface area contributed by atoms with Crippen LogP contribution in [0.25, 0.3) is 0 Å². The number of amides is 2. The number of nitro benzene ring substituents is 1. The molecule has 0 saturated heterocycles. The molecule has 2 aromatic carbocycles. The van der Waals surface area contributed by atoms with Gasteiger partial charge in [0.1, 0.15) is 5.75 Å². The number of anilines is 1. The van der Waals surface area contributed by atoms with Crippen LogP contribution in [0.1, 0.15) is 25.2 Å². The van der Waals surface area contributed by atoms with Crippen molar-refractivity contribution in [3.8, 4) is 11.5 Å². The monoisotopic (exact) mass is 514 g/mol. The Kier molecular flexibility index (Phi) is 8.84. The summed E-state index contributed by atoms with van der Waals surface area (Å²) < 4.78 is 7.34. The Labute approximate surface area is 211 Å². The number of rotatable bonds is 11. The summed E-state index contributed by atoms with van der Waals surface area (Å²) in [6, 6.07) is 11.1. The van der Waals surface area contributed by atoms with E-state index in [0.29, 0.717) is 16.7 Å². The third kappa shape index (κ3) is 6.95. The van der Waals surface area contributed by atoms with Crippen molar-refractivity contribution in [3.63, 3.8) is 0 Å². The molecular weight excluding hydrogens is 488 g/mol. The van der Waals surface area contributed by atoms with Crippen LogP contribution in [-0.2, 0) is 29.6 Å². The topological polar surface area (TPSA) is 162 Å². The van der Waals surface area contributed by atoms with Crippen molar-refractivity contribution in [1.29, 1.82) is 0 Å². The molecule has 190 valence electrons. The molecule has 0 unspecified atom stereocenters. The zero-order valence-electron chi connectivity index (χ0n) is 19.9. The fourth-order valence-corrected chi connectivity index (χ4v) is 3.80. The number of aryl methyl sites for hydroxylation is 1. The van der Waals surface area contributed by atoms with E-state index in [1.54, 1.807) is 18.5 Å². The largest absolute Gasteiger partial charge is 0.502 e. The number of ether oxygens (including phenoxy) is 1. The number of hydrogen-bond donors (Lipinski definition) is 3. The lowest BCUT2D eigenvalue weighted by molar-refractivity contribution is -0.385. The molecule has 0 fully saturated rings. The average molecular weight is 515 g/mol. The minimum Gasteiger partial charge on any atom is -0.502 e. The van der Waals surface area contributed by atoms with E-state index in [1.165, 1.54) is 11.6 Å². The highest BCUT2D eigenvalue weighted by molar-refractivity contribution is 7.99. The number of thioether (sulfide) groups is 1. The van der Waals surface area contributed by atoms with E-state index >= 15 is 0 Å². The molecule has 1 heterocycles. The molecule has 13 heteroatoms. The lowest BCUT2D eigenvalue weighted by Gasteiger charge is -2.15. The number of carbonyl (C=O) groups excluding carboxylic acids is 2. The molecule has 0 aliphatic heterocycles. The number of carbonyl (C=O) groups is 2. The van der Waals surface area contributed by atoms with Gasteiger partial charge in [-0.25, -0.2) is 0 Å². The highest BCUT2D eigenvalue weighted by Gasteiger charge is 2.18. The Hall–Kier alpha value is -4.13. The van der Waals surface area contributed by atoms with Gasteiger partial charge in [0.15, 0.2) is 22.8 Å². The van der Waals surface area contributed by atoms with Crippen LogP contribution >= 0.6 is 11.8 Å². The Morgan fingerprint density at radius 3 is 2.61 bits per heavy atom. The Bertz CT molecular complexity index is 1250. The molecule has 0 aliphatic rings. The van der Waals surface area contributed by atoms with Crippen LogP contribution in [0.4, 0.5) is 11.4 Å². The van der Waals surface area contributed by atoms with Crippen LogP contribution in [0.15, 0.2) is 47.6 Å². The second-order valence-electron chi connectivity index (χ2n) is 7.73. The Balaban J connectivity index is 1.48. The highest BCUT2D eigenvalue weighted by Crippen LogP contribution is 2.28. The number of nitrogens with one attached hydrogen (secondary N) is 2. The van der Waals surface area contributed by atoms with E-state index in [9.17, 15) is 24.8 Å². The lowest BCUT2D eigenvalue weighted by Crippen LogP contribution is -2.36. The van der Waals surface area contributed by atoms with Crippen molar-refractivity contribution in [3.05, 3.63) is 64.0 Å². The molecule has 3 rings (SSSR count). The SMILES string of the molecule is CCc1ccc(O[C@@H](C)C(=O)NCc2nnc(SCC(=O)Nc3ccc(O)c([N+](=O)[O-])c3)n2C)cc1. The summed E-state index contributed by atoms with van der Waals surface area (Å²) in [5.41, 5.74) is 0.857. The Morgan fingerprint density at radius 2 is 1.94 bits per heavy atom. The lowest BCUT2D eigenvalue weighted by atomic mass is 10.2. The summed E-state index contributed by atoms with van der Waals surface area (Å²) in [6.45, 7) is 3.84. The zero-order chi connectivity index (χ0) is 26.2. The van der Waals surface area contributed by atoms with Crippen molar-refractivity contribution in [1.82, 2.24) is 20.1 Å². The van der Waals surface area contributed by atoms with E-state index in [1.807, 2.05) is 24.3 Å². The summed E-state index contributed by atoms with van der Waals surface area (Å²) >= 11 is 1.11. The summed E-state index contributed by atoms with van der Waals surface area (Å²) in [6.07, 6.45) is 0.210. The molecule has 3 N–H and O–H groups in total. The van der Waals surface area contributed by atoms with Gasteiger partial charge >= 0.3 is 5.69 Å². The van der Waals surface area contributed by atoms with Crippen LogP contribution in [0.2, 0.25) is 0 Å². The van der Waals surface area contributed by atoms with Crippen LogP contribution in [0.3, 0.4) is 0 Å². The van der Waals surface area contributed by atoms with E-state index in [4.69, 9.17) is 4.74 Å². The summed E-state index contributed by atoms with van der Waals surface area (Å²) in [5.74, 6) is -0.163. The van der Waals surface area contributed by atoms with Gasteiger partial charge in [-0.1, -0.05) is 30.8 Å². The summed E-state index contributed by atoms with van der Waals surface area (Å²) in [5, 5.41) is 34.3. The smallest absolute Gasteiger partial charge is 0.312 e. The molecule has 12 nitrogen and oxygen atoms in total. The second-order valence-corrected chi connectivity index (χ2v) is 8.67. The Morgan fingerprint density at radius 1 is 1.22 bits per heavy atom. The van der Waals surface area contributed by atoms with Gasteiger partial charge < -0.3 is 25.0 Å². The van der Waals surface area contributed by atoms with E-state index in [0.717, 1.165) is 30.3 Å². The first-order valence-corrected chi connectivity index (χ1v) is 12.0. The predicted molar refractivity (Wildman–Crippen MR) is 133 cm³/mol. The molecule has 1 atom stereocenters. The number of phenols is 1. The second kappa shape index (κ2) is 12.0. The molecule has 3 aromatic rings. The van der Waals surface area contributed by atoms with Gasteiger partial charge in [-0.2, -0.15) is 0 Å². The van der Waals surface area contributed by atoms with Gasteiger partial charge in [0, 0.05) is 18.8 Å². The molecule has 0 spiro atoms. The molecule has 1 aromatic heterocycles. The van der Waals surface area contributed by atoms with Crippen molar-refractivity contribution in [2.24, 2.45) is 7.05 Å². The minimum atomic E-state index is -0.740.